The van der Waals surface area contributed by atoms with Gasteiger partial charge >= 0.3 is 0 Å². The van der Waals surface area contributed by atoms with Crippen LogP contribution in [0.2, 0.25) is 0 Å². The van der Waals surface area contributed by atoms with Crippen LogP contribution in [0, 0.1) is 22.2 Å². The van der Waals surface area contributed by atoms with Gasteiger partial charge in [-0.3, -0.25) is 9.59 Å². The fraction of sp³-hybridized carbons (Fsp3) is 0.750. The average Bonchev–Trinajstić information content (AvgIpc) is 3.12. The zero-order chi connectivity index (χ0) is 16.5. The molecular weight excluding hydrogens is 282 g/mol. The highest BCUT2D eigenvalue weighted by atomic mass is 16.2. The van der Waals surface area contributed by atoms with Crippen molar-refractivity contribution < 1.29 is 14.4 Å². The van der Waals surface area contributed by atoms with Crippen LogP contribution in [0.4, 0.5) is 0 Å². The summed E-state index contributed by atoms with van der Waals surface area (Å²) in [6.07, 6.45) is 3.34. The second kappa shape index (κ2) is 5.71. The number of hydrogen-bond acceptors (Lipinski definition) is 4. The van der Waals surface area contributed by atoms with E-state index in [2.05, 4.69) is 5.32 Å². The molecule has 0 radical (unpaired) electrons. The topological polar surface area (TPSA) is 90.3 Å². The third-order valence-corrected chi connectivity index (χ3v) is 4.53. The maximum atomic E-state index is 12.8. The van der Waals surface area contributed by atoms with E-state index in [1.165, 1.54) is 0 Å². The summed E-state index contributed by atoms with van der Waals surface area (Å²) in [5.74, 6) is -0.602. The van der Waals surface area contributed by atoms with Crippen molar-refractivity contribution in [3.8, 4) is 6.07 Å². The summed E-state index contributed by atoms with van der Waals surface area (Å²) in [6.45, 7) is 6.14. The van der Waals surface area contributed by atoms with E-state index in [1.54, 1.807) is 4.90 Å². The summed E-state index contributed by atoms with van der Waals surface area (Å²) in [5.41, 5.74) is -1.45. The van der Waals surface area contributed by atoms with Gasteiger partial charge in [0.15, 0.2) is 0 Å². The van der Waals surface area contributed by atoms with Crippen molar-refractivity contribution in [2.24, 2.45) is 10.8 Å². The Morgan fingerprint density at radius 1 is 1.41 bits per heavy atom. The first kappa shape index (κ1) is 16.5. The van der Waals surface area contributed by atoms with E-state index in [4.69, 9.17) is 5.26 Å². The van der Waals surface area contributed by atoms with E-state index in [0.717, 1.165) is 12.7 Å². The number of hydrogen-bond donors (Lipinski definition) is 1. The molecule has 1 aliphatic heterocycles. The summed E-state index contributed by atoms with van der Waals surface area (Å²) in [4.78, 5) is 37.8. The number of likely N-dealkylation sites (tertiary alicyclic amines) is 1. The van der Waals surface area contributed by atoms with Gasteiger partial charge in [-0.15, -0.1) is 0 Å². The zero-order valence-electron chi connectivity index (χ0n) is 13.4. The molecule has 2 atom stereocenters. The number of carbonyl (C=O) groups is 3. The van der Waals surface area contributed by atoms with Gasteiger partial charge in [-0.05, 0) is 31.1 Å². The molecule has 6 nitrogen and oxygen atoms in total. The highest BCUT2D eigenvalue weighted by molar-refractivity contribution is 5.94. The van der Waals surface area contributed by atoms with Crippen LogP contribution in [-0.4, -0.2) is 41.6 Å². The number of amides is 2. The van der Waals surface area contributed by atoms with E-state index in [0.29, 0.717) is 25.8 Å². The molecule has 2 unspecified atom stereocenters. The number of nitriles is 1. The summed E-state index contributed by atoms with van der Waals surface area (Å²) >= 11 is 0. The van der Waals surface area contributed by atoms with Gasteiger partial charge in [0, 0.05) is 6.54 Å². The fourth-order valence-corrected chi connectivity index (χ4v) is 2.81. The Bertz CT molecular complexity index is 526. The lowest BCUT2D eigenvalue weighted by Gasteiger charge is -2.35. The molecule has 1 heterocycles. The molecule has 2 aliphatic rings. The zero-order valence-corrected chi connectivity index (χ0v) is 13.4. The average molecular weight is 305 g/mol. The molecule has 1 saturated heterocycles. The number of aldehydes is 1. The van der Waals surface area contributed by atoms with E-state index in [9.17, 15) is 14.4 Å². The normalized spacial score (nSPS) is 24.3. The summed E-state index contributed by atoms with van der Waals surface area (Å²) < 4.78 is 0. The molecule has 6 heteroatoms. The molecule has 2 fully saturated rings. The van der Waals surface area contributed by atoms with Crippen molar-refractivity contribution in [3.63, 3.8) is 0 Å². The number of nitrogens with one attached hydrogen (secondary N) is 1. The van der Waals surface area contributed by atoms with Crippen LogP contribution in [0.25, 0.3) is 0 Å². The molecule has 0 bridgehead atoms. The highest BCUT2D eigenvalue weighted by Gasteiger charge is 2.52. The Labute approximate surface area is 130 Å². The lowest BCUT2D eigenvalue weighted by atomic mass is 9.85. The molecule has 2 amide bonds. The summed E-state index contributed by atoms with van der Waals surface area (Å²) in [6, 6.07) is 0.911. The monoisotopic (exact) mass is 305 g/mol. The molecule has 0 aromatic heterocycles. The minimum Gasteiger partial charge on any atom is -0.342 e. The predicted octanol–water partition coefficient (Wildman–Crippen LogP) is 1.01. The minimum absolute atomic E-state index is 0.232. The number of nitrogens with zero attached hydrogens (tertiary/aromatic N) is 2. The van der Waals surface area contributed by atoms with E-state index in [1.807, 2.05) is 26.8 Å². The van der Waals surface area contributed by atoms with Crippen molar-refractivity contribution >= 4 is 18.1 Å². The van der Waals surface area contributed by atoms with Gasteiger partial charge in [0.1, 0.15) is 17.7 Å². The van der Waals surface area contributed by atoms with E-state index in [-0.39, 0.29) is 11.8 Å². The molecule has 2 rings (SSSR count). The largest absolute Gasteiger partial charge is 0.342 e. The maximum Gasteiger partial charge on any atom is 0.246 e. The van der Waals surface area contributed by atoms with Crippen molar-refractivity contribution in [3.05, 3.63) is 0 Å². The highest BCUT2D eigenvalue weighted by Crippen LogP contribution is 2.45. The van der Waals surface area contributed by atoms with E-state index < -0.39 is 22.9 Å². The quantitative estimate of drug-likeness (QED) is 0.785. The molecule has 22 heavy (non-hydrogen) atoms. The third kappa shape index (κ3) is 2.99. The van der Waals surface area contributed by atoms with Gasteiger partial charge < -0.3 is 15.0 Å². The Hall–Kier alpha value is -1.90. The van der Waals surface area contributed by atoms with Gasteiger partial charge in [0.2, 0.25) is 11.8 Å². The second-order valence-corrected chi connectivity index (χ2v) is 7.34. The smallest absolute Gasteiger partial charge is 0.246 e. The van der Waals surface area contributed by atoms with Crippen molar-refractivity contribution in [2.45, 2.75) is 58.5 Å². The molecule has 1 aliphatic carbocycles. The minimum atomic E-state index is -0.959. The number of rotatable bonds is 4. The first-order valence-corrected chi connectivity index (χ1v) is 7.73. The SMILES string of the molecule is CC(C)(C)C(NC(=O)C1(C#N)CC1)C(=O)N1CCCC1C=O. The van der Waals surface area contributed by atoms with Crippen LogP contribution in [0.15, 0.2) is 0 Å². The van der Waals surface area contributed by atoms with Crippen LogP contribution >= 0.6 is 0 Å². The second-order valence-electron chi connectivity index (χ2n) is 7.34. The fourth-order valence-electron chi connectivity index (χ4n) is 2.81. The molecule has 0 aromatic rings. The Morgan fingerprint density at radius 2 is 2.05 bits per heavy atom. The van der Waals surface area contributed by atoms with Crippen LogP contribution in [0.5, 0.6) is 0 Å². The lowest BCUT2D eigenvalue weighted by molar-refractivity contribution is -0.142. The molecule has 120 valence electrons. The van der Waals surface area contributed by atoms with Gasteiger partial charge in [-0.25, -0.2) is 0 Å². The van der Waals surface area contributed by atoms with Gasteiger partial charge in [-0.2, -0.15) is 5.26 Å². The predicted molar refractivity (Wildman–Crippen MR) is 79.5 cm³/mol. The lowest BCUT2D eigenvalue weighted by Crippen LogP contribution is -2.57. The molecular formula is C16H23N3O3. The van der Waals surface area contributed by atoms with Gasteiger partial charge in [-0.1, -0.05) is 20.8 Å². The molecule has 0 aromatic carbocycles. The first-order chi connectivity index (χ1) is 10.2. The Morgan fingerprint density at radius 3 is 2.50 bits per heavy atom. The van der Waals surface area contributed by atoms with E-state index >= 15 is 0 Å². The van der Waals surface area contributed by atoms with Crippen LogP contribution in [0.3, 0.4) is 0 Å². The van der Waals surface area contributed by atoms with Crippen molar-refractivity contribution in [1.29, 1.82) is 5.26 Å². The van der Waals surface area contributed by atoms with Crippen molar-refractivity contribution in [1.82, 2.24) is 10.2 Å². The van der Waals surface area contributed by atoms with Crippen LogP contribution in [-0.2, 0) is 14.4 Å². The molecule has 0 spiro atoms. The standard InChI is InChI=1S/C16H23N3O3/c1-15(2,3)12(18-14(22)16(10-17)6-7-16)13(21)19-8-4-5-11(19)9-20/h9,11-12H,4-8H2,1-3H3,(H,18,22). The van der Waals surface area contributed by atoms with Gasteiger partial charge in [0.05, 0.1) is 12.1 Å². The number of carbonyl (C=O) groups excluding carboxylic acids is 3. The molecule has 1 saturated carbocycles. The maximum absolute atomic E-state index is 12.8. The van der Waals surface area contributed by atoms with Gasteiger partial charge in [0.25, 0.3) is 0 Å². The summed E-state index contributed by atoms with van der Waals surface area (Å²) in [5, 5.41) is 11.9. The summed E-state index contributed by atoms with van der Waals surface area (Å²) in [7, 11) is 0. The van der Waals surface area contributed by atoms with Crippen LogP contribution < -0.4 is 5.32 Å². The molecule has 1 N–H and O–H groups in total. The van der Waals surface area contributed by atoms with Crippen molar-refractivity contribution in [2.75, 3.05) is 6.54 Å². The Kier molecular flexibility index (Phi) is 4.28. The third-order valence-electron chi connectivity index (χ3n) is 4.53. The van der Waals surface area contributed by atoms with Crippen LogP contribution in [0.1, 0.15) is 46.5 Å². The Balaban J connectivity index is 2.17. The first-order valence-electron chi connectivity index (χ1n) is 7.73.